The topological polar surface area (TPSA) is 21.3 Å². The lowest BCUT2D eigenvalue weighted by molar-refractivity contribution is -0.0405. The van der Waals surface area contributed by atoms with Crippen LogP contribution in [0.25, 0.3) is 0 Å². The smallest absolute Gasteiger partial charge is 0.0778 e. The zero-order chi connectivity index (χ0) is 13.1. The lowest BCUT2D eigenvalue weighted by Gasteiger charge is -2.35. The highest BCUT2D eigenvalue weighted by atomic mass is 16.5. The van der Waals surface area contributed by atoms with Gasteiger partial charge >= 0.3 is 0 Å². The first-order valence-corrected chi connectivity index (χ1v) is 7.45. The van der Waals surface area contributed by atoms with Gasteiger partial charge in [0, 0.05) is 12.6 Å². The molecule has 2 nitrogen and oxygen atoms in total. The van der Waals surface area contributed by atoms with Crippen LogP contribution in [0, 0.1) is 0 Å². The predicted octanol–water partition coefficient (Wildman–Crippen LogP) is 4.14. The third-order valence-corrected chi connectivity index (χ3v) is 3.34. The Labute approximate surface area is 109 Å². The molecule has 1 atom stereocenters. The monoisotopic (exact) mass is 243 g/mol. The summed E-state index contributed by atoms with van der Waals surface area (Å²) in [5, 5.41) is 3.65. The number of unbranched alkanes of at least 4 members (excludes halogenated alkanes) is 3. The fourth-order valence-corrected chi connectivity index (χ4v) is 2.26. The second kappa shape index (κ2) is 9.90. The van der Waals surface area contributed by atoms with E-state index in [-0.39, 0.29) is 5.60 Å². The van der Waals surface area contributed by atoms with E-state index in [1.54, 1.807) is 0 Å². The van der Waals surface area contributed by atoms with E-state index >= 15 is 0 Å². The summed E-state index contributed by atoms with van der Waals surface area (Å²) in [5.74, 6) is 0. The van der Waals surface area contributed by atoms with Gasteiger partial charge < -0.3 is 10.1 Å². The van der Waals surface area contributed by atoms with E-state index in [0.717, 1.165) is 13.2 Å². The maximum absolute atomic E-state index is 5.88. The van der Waals surface area contributed by atoms with Crippen LogP contribution in [-0.2, 0) is 4.74 Å². The minimum Gasteiger partial charge on any atom is -0.374 e. The molecule has 1 N–H and O–H groups in total. The first-order valence-electron chi connectivity index (χ1n) is 7.45. The minimum atomic E-state index is -0.0455. The average Bonchev–Trinajstić information content (AvgIpc) is 2.27. The largest absolute Gasteiger partial charge is 0.374 e. The van der Waals surface area contributed by atoms with Crippen LogP contribution >= 0.6 is 0 Å². The molecule has 0 bridgehead atoms. The predicted molar refractivity (Wildman–Crippen MR) is 76.5 cm³/mol. The summed E-state index contributed by atoms with van der Waals surface area (Å²) in [7, 11) is 0. The third kappa shape index (κ3) is 7.77. The summed E-state index contributed by atoms with van der Waals surface area (Å²) in [6, 6.07) is 0.485. The Morgan fingerprint density at radius 2 is 1.71 bits per heavy atom. The molecule has 0 saturated carbocycles. The lowest BCUT2D eigenvalue weighted by Crippen LogP contribution is -2.48. The van der Waals surface area contributed by atoms with Crippen molar-refractivity contribution in [2.45, 2.75) is 84.8 Å². The molecule has 0 aliphatic carbocycles. The molecule has 0 aliphatic heterocycles. The van der Waals surface area contributed by atoms with Gasteiger partial charge in [-0.3, -0.25) is 0 Å². The zero-order valence-corrected chi connectivity index (χ0v) is 12.6. The molecule has 0 fully saturated rings. The van der Waals surface area contributed by atoms with Crippen molar-refractivity contribution in [3.63, 3.8) is 0 Å². The Bertz CT molecular complexity index is 168. The highest BCUT2D eigenvalue weighted by Crippen LogP contribution is 2.20. The van der Waals surface area contributed by atoms with Crippen LogP contribution in [0.2, 0.25) is 0 Å². The third-order valence-electron chi connectivity index (χ3n) is 3.34. The lowest BCUT2D eigenvalue weighted by atomic mass is 9.93. The number of hydrogen-bond acceptors (Lipinski definition) is 2. The van der Waals surface area contributed by atoms with Crippen molar-refractivity contribution in [1.82, 2.24) is 5.32 Å². The molecule has 0 radical (unpaired) electrons. The van der Waals surface area contributed by atoms with Gasteiger partial charge in [0.2, 0.25) is 0 Å². The molecule has 0 aliphatic rings. The van der Waals surface area contributed by atoms with E-state index in [0.29, 0.717) is 6.04 Å². The van der Waals surface area contributed by atoms with Gasteiger partial charge in [-0.05, 0) is 40.2 Å². The second-order valence-electron chi connectivity index (χ2n) is 5.39. The Balaban J connectivity index is 4.11. The molecule has 0 aromatic rings. The highest BCUT2D eigenvalue weighted by Gasteiger charge is 2.28. The highest BCUT2D eigenvalue weighted by molar-refractivity contribution is 4.85. The number of nitrogens with one attached hydrogen (secondary N) is 1. The van der Waals surface area contributed by atoms with Gasteiger partial charge in [0.05, 0.1) is 5.60 Å². The van der Waals surface area contributed by atoms with Gasteiger partial charge in [0.1, 0.15) is 0 Å². The fourth-order valence-electron chi connectivity index (χ4n) is 2.26. The van der Waals surface area contributed by atoms with Crippen LogP contribution < -0.4 is 5.32 Å². The van der Waals surface area contributed by atoms with Gasteiger partial charge in [-0.15, -0.1) is 0 Å². The number of ether oxygens (including phenoxy) is 1. The Kier molecular flexibility index (Phi) is 9.85. The zero-order valence-electron chi connectivity index (χ0n) is 12.6. The minimum absolute atomic E-state index is 0.0455. The van der Waals surface area contributed by atoms with E-state index in [4.69, 9.17) is 4.74 Å². The van der Waals surface area contributed by atoms with Crippen molar-refractivity contribution in [3.05, 3.63) is 0 Å². The van der Waals surface area contributed by atoms with E-state index < -0.39 is 0 Å². The van der Waals surface area contributed by atoms with Crippen molar-refractivity contribution < 1.29 is 4.74 Å². The second-order valence-corrected chi connectivity index (χ2v) is 5.39. The molecule has 2 heteroatoms. The molecular formula is C15H33NO. The van der Waals surface area contributed by atoms with E-state index in [1.807, 2.05) is 0 Å². The summed E-state index contributed by atoms with van der Waals surface area (Å²) in [6.45, 7) is 12.9. The molecule has 0 rings (SSSR count). The average molecular weight is 243 g/mol. The molecule has 0 saturated heterocycles. The van der Waals surface area contributed by atoms with Crippen LogP contribution in [0.3, 0.4) is 0 Å². The SMILES string of the molecule is CCCCCCC(NCCC)C(C)(C)OCC. The van der Waals surface area contributed by atoms with E-state index in [1.165, 1.54) is 38.5 Å². The van der Waals surface area contributed by atoms with Crippen molar-refractivity contribution in [3.8, 4) is 0 Å². The molecule has 0 aromatic heterocycles. The molecule has 0 amide bonds. The summed E-state index contributed by atoms with van der Waals surface area (Å²) in [5.41, 5.74) is -0.0455. The Morgan fingerprint density at radius 3 is 2.24 bits per heavy atom. The van der Waals surface area contributed by atoms with Gasteiger partial charge in [-0.2, -0.15) is 0 Å². The summed E-state index contributed by atoms with van der Waals surface area (Å²) in [6.07, 6.45) is 7.74. The van der Waals surface area contributed by atoms with Gasteiger partial charge in [0.25, 0.3) is 0 Å². The van der Waals surface area contributed by atoms with Crippen LogP contribution in [0.5, 0.6) is 0 Å². The van der Waals surface area contributed by atoms with E-state index in [9.17, 15) is 0 Å². The Hall–Kier alpha value is -0.0800. The molecule has 0 heterocycles. The molecule has 0 aromatic carbocycles. The first-order chi connectivity index (χ1) is 8.08. The van der Waals surface area contributed by atoms with E-state index in [2.05, 4.69) is 39.9 Å². The summed E-state index contributed by atoms with van der Waals surface area (Å²) < 4.78 is 5.88. The van der Waals surface area contributed by atoms with Crippen molar-refractivity contribution in [1.29, 1.82) is 0 Å². The quantitative estimate of drug-likeness (QED) is 0.551. The van der Waals surface area contributed by atoms with Crippen LogP contribution in [0.1, 0.15) is 73.1 Å². The van der Waals surface area contributed by atoms with Crippen molar-refractivity contribution in [2.24, 2.45) is 0 Å². The van der Waals surface area contributed by atoms with Gasteiger partial charge in [0.15, 0.2) is 0 Å². The summed E-state index contributed by atoms with van der Waals surface area (Å²) >= 11 is 0. The van der Waals surface area contributed by atoms with Gasteiger partial charge in [-0.1, -0.05) is 39.5 Å². The molecule has 104 valence electrons. The molecular weight excluding hydrogens is 210 g/mol. The summed E-state index contributed by atoms with van der Waals surface area (Å²) in [4.78, 5) is 0. The molecule has 0 spiro atoms. The fraction of sp³-hybridized carbons (Fsp3) is 1.00. The van der Waals surface area contributed by atoms with Crippen LogP contribution in [-0.4, -0.2) is 24.8 Å². The Morgan fingerprint density at radius 1 is 1.00 bits per heavy atom. The van der Waals surface area contributed by atoms with Crippen molar-refractivity contribution in [2.75, 3.05) is 13.2 Å². The first kappa shape index (κ1) is 16.9. The molecule has 1 unspecified atom stereocenters. The normalized spacial score (nSPS) is 13.9. The van der Waals surface area contributed by atoms with Gasteiger partial charge in [-0.25, -0.2) is 0 Å². The van der Waals surface area contributed by atoms with Crippen LogP contribution in [0.4, 0.5) is 0 Å². The standard InChI is InChI=1S/C15H33NO/c1-6-9-10-11-12-14(16-13-7-2)15(4,5)17-8-3/h14,16H,6-13H2,1-5H3. The molecule has 17 heavy (non-hydrogen) atoms. The van der Waals surface area contributed by atoms with Crippen LogP contribution in [0.15, 0.2) is 0 Å². The maximum atomic E-state index is 5.88. The maximum Gasteiger partial charge on any atom is 0.0778 e. The van der Waals surface area contributed by atoms with Crippen molar-refractivity contribution >= 4 is 0 Å². The number of hydrogen-bond donors (Lipinski definition) is 1. The number of rotatable bonds is 11.